The largest absolute Gasteiger partial charge is 0.321 e. The van der Waals surface area contributed by atoms with E-state index in [1.54, 1.807) is 0 Å². The predicted molar refractivity (Wildman–Crippen MR) is 67.3 cm³/mol. The van der Waals surface area contributed by atoms with Crippen LogP contribution in [0.25, 0.3) is 0 Å². The van der Waals surface area contributed by atoms with E-state index in [0.29, 0.717) is 0 Å². The molecule has 0 saturated heterocycles. The van der Waals surface area contributed by atoms with Crippen LogP contribution in [0.15, 0.2) is 12.1 Å². The van der Waals surface area contributed by atoms with Crippen molar-refractivity contribution in [2.75, 3.05) is 0 Å². The molecule has 0 bridgehead atoms. The first-order valence-electron chi connectivity index (χ1n) is 6.13. The molecule has 15 heavy (non-hydrogen) atoms. The van der Waals surface area contributed by atoms with E-state index in [2.05, 4.69) is 19.1 Å². The van der Waals surface area contributed by atoms with Gasteiger partial charge in [0, 0.05) is 9.75 Å². The quantitative estimate of drug-likeness (QED) is 0.828. The molecule has 1 aromatic rings. The summed E-state index contributed by atoms with van der Waals surface area (Å²) in [6.07, 6.45) is 8.78. The number of thiophene rings is 1. The topological polar surface area (TPSA) is 26.0 Å². The maximum Gasteiger partial charge on any atom is 0.0503 e. The lowest BCUT2D eigenvalue weighted by Gasteiger charge is -2.32. The highest BCUT2D eigenvalue weighted by molar-refractivity contribution is 7.12. The molecule has 1 nitrogen and oxygen atoms in total. The molecule has 0 aliphatic heterocycles. The molecule has 0 spiro atoms. The van der Waals surface area contributed by atoms with Gasteiger partial charge in [-0.15, -0.1) is 11.3 Å². The molecule has 84 valence electrons. The molecular formula is C13H21NS. The van der Waals surface area contributed by atoms with Crippen molar-refractivity contribution in [3.8, 4) is 0 Å². The maximum absolute atomic E-state index is 6.50. The first kappa shape index (κ1) is 11.2. The number of aryl methyl sites for hydroxylation is 1. The Labute approximate surface area is 96.7 Å². The highest BCUT2D eigenvalue weighted by Gasteiger charge is 2.30. The van der Waals surface area contributed by atoms with Crippen LogP contribution in [0.3, 0.4) is 0 Å². The predicted octanol–water partition coefficient (Wildman–Crippen LogP) is 3.82. The molecule has 2 heteroatoms. The van der Waals surface area contributed by atoms with Crippen molar-refractivity contribution in [2.45, 2.75) is 57.4 Å². The Morgan fingerprint density at radius 3 is 2.67 bits per heavy atom. The van der Waals surface area contributed by atoms with E-state index in [1.165, 1.54) is 54.7 Å². The molecule has 0 radical (unpaired) electrons. The van der Waals surface area contributed by atoms with E-state index in [9.17, 15) is 0 Å². The van der Waals surface area contributed by atoms with Crippen LogP contribution >= 0.6 is 11.3 Å². The fourth-order valence-electron chi connectivity index (χ4n) is 2.46. The third kappa shape index (κ3) is 2.43. The van der Waals surface area contributed by atoms with Crippen LogP contribution in [0.1, 0.15) is 55.2 Å². The highest BCUT2D eigenvalue weighted by Crippen LogP contribution is 2.38. The Morgan fingerprint density at radius 1 is 1.27 bits per heavy atom. The van der Waals surface area contributed by atoms with Gasteiger partial charge in [0.25, 0.3) is 0 Å². The van der Waals surface area contributed by atoms with Gasteiger partial charge in [-0.1, -0.05) is 32.6 Å². The van der Waals surface area contributed by atoms with Crippen LogP contribution in [0.2, 0.25) is 0 Å². The molecular weight excluding hydrogens is 202 g/mol. The second-order valence-corrected chi connectivity index (χ2v) is 5.90. The van der Waals surface area contributed by atoms with Gasteiger partial charge in [0.2, 0.25) is 0 Å². The lowest BCUT2D eigenvalue weighted by molar-refractivity contribution is 0.308. The summed E-state index contributed by atoms with van der Waals surface area (Å²) < 4.78 is 0. The minimum Gasteiger partial charge on any atom is -0.321 e. The summed E-state index contributed by atoms with van der Waals surface area (Å²) in [4.78, 5) is 2.92. The number of rotatable bonds is 3. The fraction of sp³-hybridized carbons (Fsp3) is 0.692. The zero-order chi connectivity index (χ0) is 10.7. The summed E-state index contributed by atoms with van der Waals surface area (Å²) in [6.45, 7) is 2.23. The van der Waals surface area contributed by atoms with Crippen molar-refractivity contribution in [3.63, 3.8) is 0 Å². The minimum atomic E-state index is 0.00884. The van der Waals surface area contributed by atoms with E-state index in [4.69, 9.17) is 5.73 Å². The van der Waals surface area contributed by atoms with E-state index < -0.39 is 0 Å². The van der Waals surface area contributed by atoms with E-state index in [1.807, 2.05) is 11.3 Å². The van der Waals surface area contributed by atoms with Crippen molar-refractivity contribution in [2.24, 2.45) is 5.73 Å². The van der Waals surface area contributed by atoms with Gasteiger partial charge in [0.1, 0.15) is 0 Å². The summed E-state index contributed by atoms with van der Waals surface area (Å²) >= 11 is 1.94. The van der Waals surface area contributed by atoms with Gasteiger partial charge in [-0.2, -0.15) is 0 Å². The van der Waals surface area contributed by atoms with Crippen molar-refractivity contribution in [3.05, 3.63) is 21.9 Å². The molecule has 0 atom stereocenters. The third-order valence-corrected chi connectivity index (χ3v) is 4.76. The minimum absolute atomic E-state index is 0.00884. The van der Waals surface area contributed by atoms with Gasteiger partial charge in [-0.05, 0) is 31.4 Å². The second kappa shape index (κ2) is 4.67. The molecule has 0 aromatic carbocycles. The molecule has 1 heterocycles. The monoisotopic (exact) mass is 223 g/mol. The van der Waals surface area contributed by atoms with Crippen molar-refractivity contribution < 1.29 is 0 Å². The first-order chi connectivity index (χ1) is 7.24. The van der Waals surface area contributed by atoms with E-state index in [-0.39, 0.29) is 5.54 Å². The van der Waals surface area contributed by atoms with Gasteiger partial charge >= 0.3 is 0 Å². The Hall–Kier alpha value is -0.340. The maximum atomic E-state index is 6.50. The van der Waals surface area contributed by atoms with Crippen molar-refractivity contribution >= 4 is 11.3 Å². The van der Waals surface area contributed by atoms with Gasteiger partial charge in [-0.25, -0.2) is 0 Å². The number of hydrogen-bond donors (Lipinski definition) is 1. The molecule has 1 fully saturated rings. The molecule has 2 rings (SSSR count). The molecule has 1 aliphatic rings. The van der Waals surface area contributed by atoms with Crippen LogP contribution in [-0.4, -0.2) is 0 Å². The average molecular weight is 223 g/mol. The molecule has 0 unspecified atom stereocenters. The lowest BCUT2D eigenvalue weighted by atomic mass is 9.81. The fourth-order valence-corrected chi connectivity index (χ4v) is 3.72. The van der Waals surface area contributed by atoms with Crippen LogP contribution in [-0.2, 0) is 12.0 Å². The van der Waals surface area contributed by atoms with Crippen LogP contribution in [0, 0.1) is 0 Å². The first-order valence-corrected chi connectivity index (χ1v) is 6.94. The van der Waals surface area contributed by atoms with Crippen LogP contribution in [0.4, 0.5) is 0 Å². The standard InChI is InChI=1S/C13H21NS/c1-2-6-11-7-8-12(15-11)13(14)9-4-3-5-10-13/h7-8H,2-6,9-10,14H2,1H3. The summed E-state index contributed by atoms with van der Waals surface area (Å²) in [5, 5.41) is 0. The second-order valence-electron chi connectivity index (χ2n) is 4.73. The normalized spacial score (nSPS) is 20.4. The number of nitrogens with two attached hydrogens (primary N) is 1. The van der Waals surface area contributed by atoms with Crippen LogP contribution < -0.4 is 5.73 Å². The Balaban J connectivity index is 2.12. The van der Waals surface area contributed by atoms with Gasteiger partial charge in [0.05, 0.1) is 5.54 Å². The van der Waals surface area contributed by atoms with Crippen LogP contribution in [0.5, 0.6) is 0 Å². The smallest absolute Gasteiger partial charge is 0.0503 e. The Kier molecular flexibility index (Phi) is 3.47. The van der Waals surface area contributed by atoms with E-state index in [0.717, 1.165) is 0 Å². The zero-order valence-electron chi connectivity index (χ0n) is 9.59. The molecule has 1 aliphatic carbocycles. The number of hydrogen-bond acceptors (Lipinski definition) is 2. The summed E-state index contributed by atoms with van der Waals surface area (Å²) in [5.74, 6) is 0. The van der Waals surface area contributed by atoms with E-state index >= 15 is 0 Å². The summed E-state index contributed by atoms with van der Waals surface area (Å²) in [6, 6.07) is 4.54. The molecule has 1 saturated carbocycles. The average Bonchev–Trinajstić information content (AvgIpc) is 2.69. The zero-order valence-corrected chi connectivity index (χ0v) is 10.4. The third-order valence-electron chi connectivity index (χ3n) is 3.39. The Bertz CT molecular complexity index is 310. The van der Waals surface area contributed by atoms with Gasteiger partial charge in [0.15, 0.2) is 0 Å². The van der Waals surface area contributed by atoms with Gasteiger partial charge in [-0.3, -0.25) is 0 Å². The Morgan fingerprint density at radius 2 is 2.00 bits per heavy atom. The lowest BCUT2D eigenvalue weighted by Crippen LogP contribution is -2.37. The van der Waals surface area contributed by atoms with Gasteiger partial charge < -0.3 is 5.73 Å². The summed E-state index contributed by atoms with van der Waals surface area (Å²) in [5.41, 5.74) is 6.51. The highest BCUT2D eigenvalue weighted by atomic mass is 32.1. The molecule has 0 amide bonds. The molecule has 1 aromatic heterocycles. The van der Waals surface area contributed by atoms with Crippen molar-refractivity contribution in [1.82, 2.24) is 0 Å². The van der Waals surface area contributed by atoms with Crippen molar-refractivity contribution in [1.29, 1.82) is 0 Å². The SMILES string of the molecule is CCCc1ccc(C2(N)CCCCC2)s1. The molecule has 2 N–H and O–H groups in total. The summed E-state index contributed by atoms with van der Waals surface area (Å²) in [7, 11) is 0.